The van der Waals surface area contributed by atoms with Gasteiger partial charge in [0.15, 0.2) is 6.23 Å². The maximum Gasteiger partial charge on any atom is 0.459 e. The van der Waals surface area contributed by atoms with Gasteiger partial charge in [0.25, 0.3) is 5.56 Å². The van der Waals surface area contributed by atoms with Crippen LogP contribution in [0.5, 0.6) is 5.75 Å². The average Bonchev–Trinajstić information content (AvgIpc) is 3.27. The fraction of sp³-hybridized carbons (Fsp3) is 0.500. The van der Waals surface area contributed by atoms with Crippen molar-refractivity contribution in [2.45, 2.75) is 57.0 Å². The molecule has 0 spiro atoms. The Morgan fingerprint density at radius 1 is 1.28 bits per heavy atom. The lowest BCUT2D eigenvalue weighted by atomic mass is 10.0. The molecule has 14 heteroatoms. The number of H-pyrrole nitrogens is 1. The van der Waals surface area contributed by atoms with Crippen LogP contribution in [0.25, 0.3) is 0 Å². The monoisotopic (exact) mass is 525 g/mol. The van der Waals surface area contributed by atoms with Gasteiger partial charge in [0, 0.05) is 12.3 Å². The third kappa shape index (κ3) is 5.46. The highest BCUT2D eigenvalue weighted by atomic mass is 31.2. The third-order valence-electron chi connectivity index (χ3n) is 5.64. The first-order valence-corrected chi connectivity index (χ1v) is 12.8. The molecule has 2 unspecified atom stereocenters. The predicted octanol–water partition coefficient (Wildman–Crippen LogP) is 0.697. The number of aliphatic hydroxyl groups excluding tert-OH is 1. The van der Waals surface area contributed by atoms with Gasteiger partial charge in [-0.15, -0.1) is 0 Å². The number of aliphatic hydroxyl groups is 1. The second-order valence-corrected chi connectivity index (χ2v) is 10.5. The fourth-order valence-electron chi connectivity index (χ4n) is 3.90. The smallest absolute Gasteiger partial charge is 0.459 e. The molecule has 6 atom stereocenters. The topological polar surface area (TPSA) is 167 Å². The molecule has 1 aromatic carbocycles. The van der Waals surface area contributed by atoms with E-state index in [1.54, 1.807) is 44.2 Å². The van der Waals surface area contributed by atoms with Crippen molar-refractivity contribution in [3.8, 4) is 5.75 Å². The van der Waals surface area contributed by atoms with Gasteiger partial charge in [0.1, 0.15) is 29.6 Å². The summed E-state index contributed by atoms with van der Waals surface area (Å²) in [4.78, 5) is 38.1. The van der Waals surface area contributed by atoms with E-state index in [1.165, 1.54) is 13.1 Å². The molecule has 196 valence electrons. The van der Waals surface area contributed by atoms with Gasteiger partial charge in [-0.3, -0.25) is 23.7 Å². The van der Waals surface area contributed by atoms with Crippen LogP contribution in [0.15, 0.2) is 52.2 Å². The Labute approximate surface area is 205 Å². The van der Waals surface area contributed by atoms with Crippen LogP contribution in [-0.2, 0) is 28.1 Å². The second kappa shape index (κ2) is 10.3. The van der Waals surface area contributed by atoms with Crippen LogP contribution in [0.3, 0.4) is 0 Å². The quantitative estimate of drug-likeness (QED) is 0.295. The molecular weight excluding hydrogens is 497 g/mol. The highest BCUT2D eigenvalue weighted by Gasteiger charge is 2.62. The molecule has 0 aliphatic carbocycles. The summed E-state index contributed by atoms with van der Waals surface area (Å²) in [6, 6.07) is 8.26. The maximum atomic E-state index is 13.7. The van der Waals surface area contributed by atoms with E-state index in [0.717, 1.165) is 10.6 Å². The van der Waals surface area contributed by atoms with E-state index in [2.05, 4.69) is 10.1 Å². The van der Waals surface area contributed by atoms with Gasteiger partial charge in [-0.25, -0.2) is 9.36 Å². The van der Waals surface area contributed by atoms with E-state index in [9.17, 15) is 24.1 Å². The summed E-state index contributed by atoms with van der Waals surface area (Å²) in [6.45, 7) is 4.22. The largest absolute Gasteiger partial charge is 0.462 e. The molecule has 13 nitrogen and oxygen atoms in total. The fourth-order valence-corrected chi connectivity index (χ4v) is 5.44. The summed E-state index contributed by atoms with van der Waals surface area (Å²) in [5, 5.41) is 13.4. The molecule has 0 radical (unpaired) electrons. The molecule has 2 saturated heterocycles. The number of benzene rings is 1. The van der Waals surface area contributed by atoms with Crippen molar-refractivity contribution in [2.24, 2.45) is 0 Å². The third-order valence-corrected chi connectivity index (χ3v) is 7.26. The van der Waals surface area contributed by atoms with Crippen LogP contribution in [0.2, 0.25) is 0 Å². The number of nitrogens with zero attached hydrogens (tertiary/aromatic N) is 1. The minimum atomic E-state index is -4.23. The van der Waals surface area contributed by atoms with E-state index in [-0.39, 0.29) is 18.5 Å². The van der Waals surface area contributed by atoms with Gasteiger partial charge in [-0.2, -0.15) is 5.09 Å². The lowest BCUT2D eigenvalue weighted by Crippen LogP contribution is -2.46. The Hall–Kier alpha value is -2.80. The first-order chi connectivity index (χ1) is 17.0. The number of carbonyl (C=O) groups excluding carboxylic acids is 1. The first-order valence-electron chi connectivity index (χ1n) is 11.3. The van der Waals surface area contributed by atoms with E-state index in [1.807, 2.05) is 0 Å². The van der Waals surface area contributed by atoms with Crippen LogP contribution < -0.4 is 20.9 Å². The number of nitrogens with one attached hydrogen (secondary N) is 2. The summed E-state index contributed by atoms with van der Waals surface area (Å²) in [7, 11) is -4.23. The molecule has 3 N–H and O–H groups in total. The van der Waals surface area contributed by atoms with Crippen molar-refractivity contribution >= 4 is 13.7 Å². The van der Waals surface area contributed by atoms with Crippen LogP contribution in [0, 0.1) is 0 Å². The average molecular weight is 525 g/mol. The minimum absolute atomic E-state index is 0.121. The number of aromatic amines is 1. The number of fused-ring (bicyclic) bond motifs is 2. The van der Waals surface area contributed by atoms with Gasteiger partial charge in [-0.1, -0.05) is 18.2 Å². The minimum Gasteiger partial charge on any atom is -0.462 e. The summed E-state index contributed by atoms with van der Waals surface area (Å²) in [6.07, 6.45) is -2.43. The molecule has 4 rings (SSSR count). The van der Waals surface area contributed by atoms with Gasteiger partial charge in [-0.05, 0) is 32.9 Å². The standard InChI is InChI=1S/C22H28N3O10P/c1-13(2)33-20(28)14(3)24-36(30,35-15-7-5-4-6-8-15)32-12-22-11-31-17(18(22)27)19(34-22)25-10-9-16(26)23-21(25)29/h4-10,13-14,17-19,27H,11-12H2,1-3H3,(H,24,30)(H,23,26,29)/t14-,17+,18-,19?,22+,36?/m0/s1. The van der Waals surface area contributed by atoms with Crippen molar-refractivity contribution < 1.29 is 37.7 Å². The lowest BCUT2D eigenvalue weighted by molar-refractivity contribution is -0.185. The molecule has 1 aromatic heterocycles. The molecule has 2 bridgehead atoms. The van der Waals surface area contributed by atoms with Crippen LogP contribution in [0.4, 0.5) is 0 Å². The zero-order valence-corrected chi connectivity index (χ0v) is 20.8. The molecule has 2 aliphatic rings. The van der Waals surface area contributed by atoms with E-state index in [0.29, 0.717) is 0 Å². The highest BCUT2D eigenvalue weighted by molar-refractivity contribution is 7.52. The maximum absolute atomic E-state index is 13.7. The van der Waals surface area contributed by atoms with Gasteiger partial charge >= 0.3 is 19.4 Å². The summed E-state index contributed by atoms with van der Waals surface area (Å²) < 4.78 is 42.8. The number of para-hydroxylation sites is 1. The van der Waals surface area contributed by atoms with E-state index in [4.69, 9.17) is 23.3 Å². The van der Waals surface area contributed by atoms with Crippen molar-refractivity contribution in [1.29, 1.82) is 0 Å². The van der Waals surface area contributed by atoms with Crippen molar-refractivity contribution in [3.63, 3.8) is 0 Å². The highest BCUT2D eigenvalue weighted by Crippen LogP contribution is 2.50. The summed E-state index contributed by atoms with van der Waals surface area (Å²) in [5.74, 6) is -0.455. The number of carbonyl (C=O) groups is 1. The van der Waals surface area contributed by atoms with Gasteiger partial charge in [0.2, 0.25) is 0 Å². The number of esters is 1. The van der Waals surface area contributed by atoms with Crippen LogP contribution in [-0.4, -0.2) is 63.8 Å². The number of hydrogen-bond acceptors (Lipinski definition) is 10. The molecule has 2 aliphatic heterocycles. The van der Waals surface area contributed by atoms with Crippen molar-refractivity contribution in [2.75, 3.05) is 13.2 Å². The SMILES string of the molecule is CC(C)OC(=O)[C@H](C)NP(=O)(OC[C@@]12CO[C@@H](C(n3ccc(=O)[nH]c3=O)O1)[C@@H]2O)Oc1ccccc1. The van der Waals surface area contributed by atoms with E-state index >= 15 is 0 Å². The number of aromatic nitrogens is 2. The van der Waals surface area contributed by atoms with Crippen LogP contribution >= 0.6 is 7.75 Å². The van der Waals surface area contributed by atoms with E-state index < -0.39 is 61.7 Å². The molecule has 0 amide bonds. The zero-order chi connectivity index (χ0) is 26.1. The molecule has 2 fully saturated rings. The predicted molar refractivity (Wildman–Crippen MR) is 124 cm³/mol. The normalized spacial score (nSPS) is 27.5. The molecule has 36 heavy (non-hydrogen) atoms. The second-order valence-electron chi connectivity index (χ2n) is 8.82. The Morgan fingerprint density at radius 2 is 2.00 bits per heavy atom. The Morgan fingerprint density at radius 3 is 2.67 bits per heavy atom. The zero-order valence-electron chi connectivity index (χ0n) is 19.9. The van der Waals surface area contributed by atoms with Crippen LogP contribution in [0.1, 0.15) is 27.0 Å². The molecular formula is C22H28N3O10P. The molecule has 2 aromatic rings. The number of hydrogen-bond donors (Lipinski definition) is 3. The lowest BCUT2D eigenvalue weighted by Gasteiger charge is -2.32. The van der Waals surface area contributed by atoms with Crippen molar-refractivity contribution in [3.05, 3.63) is 63.4 Å². The van der Waals surface area contributed by atoms with Gasteiger partial charge < -0.3 is 23.8 Å². The van der Waals surface area contributed by atoms with Crippen molar-refractivity contribution in [1.82, 2.24) is 14.6 Å². The molecule has 0 saturated carbocycles. The number of ether oxygens (including phenoxy) is 3. The Balaban J connectivity index is 1.54. The summed E-state index contributed by atoms with van der Waals surface area (Å²) in [5.41, 5.74) is -2.83. The molecule has 3 heterocycles. The summed E-state index contributed by atoms with van der Waals surface area (Å²) >= 11 is 0. The number of rotatable bonds is 10. The Kier molecular flexibility index (Phi) is 7.51. The Bertz CT molecular complexity index is 1250. The van der Waals surface area contributed by atoms with Gasteiger partial charge in [0.05, 0.1) is 19.3 Å². The first kappa shape index (κ1) is 26.3.